The highest BCUT2D eigenvalue weighted by Crippen LogP contribution is 2.25. The Morgan fingerprint density at radius 2 is 2.04 bits per heavy atom. The van der Waals surface area contributed by atoms with Crippen molar-refractivity contribution in [3.05, 3.63) is 80.9 Å². The van der Waals surface area contributed by atoms with Crippen LogP contribution < -0.4 is 10.9 Å². The molecule has 0 amide bonds. The Morgan fingerprint density at radius 3 is 2.82 bits per heavy atom. The van der Waals surface area contributed by atoms with Crippen LogP contribution >= 0.6 is 11.6 Å². The average molecular weight is 402 g/mol. The maximum absolute atomic E-state index is 13.9. The van der Waals surface area contributed by atoms with E-state index < -0.39 is 17.2 Å². The normalized spacial score (nSPS) is 11.1. The first-order valence-corrected chi connectivity index (χ1v) is 8.70. The first-order chi connectivity index (χ1) is 13.4. The van der Waals surface area contributed by atoms with Crippen LogP contribution in [0.25, 0.3) is 10.9 Å². The van der Waals surface area contributed by atoms with Crippen molar-refractivity contribution in [2.24, 2.45) is 0 Å². The monoisotopic (exact) mass is 401 g/mol. The van der Waals surface area contributed by atoms with Gasteiger partial charge in [-0.3, -0.25) is 9.89 Å². The summed E-state index contributed by atoms with van der Waals surface area (Å²) in [6.07, 6.45) is 2.73. The van der Waals surface area contributed by atoms with Crippen molar-refractivity contribution >= 4 is 34.1 Å². The number of halogens is 3. The van der Waals surface area contributed by atoms with E-state index in [2.05, 4.69) is 20.5 Å². The molecule has 9 heteroatoms. The Labute approximate surface area is 162 Å². The molecular formula is C19H14ClF2N5O. The molecule has 0 aliphatic carbocycles. The topological polar surface area (TPSA) is 75.6 Å². The molecular weight excluding hydrogens is 388 g/mol. The van der Waals surface area contributed by atoms with Crippen LogP contribution in [0.15, 0.2) is 47.5 Å². The van der Waals surface area contributed by atoms with E-state index in [4.69, 9.17) is 11.6 Å². The smallest absolute Gasteiger partial charge is 0.310 e. The van der Waals surface area contributed by atoms with E-state index in [-0.39, 0.29) is 17.5 Å². The van der Waals surface area contributed by atoms with E-state index in [1.54, 1.807) is 6.20 Å². The number of benzene rings is 2. The average Bonchev–Trinajstić information content (AvgIpc) is 3.09. The van der Waals surface area contributed by atoms with Gasteiger partial charge < -0.3 is 9.88 Å². The molecule has 6 nitrogen and oxygen atoms in total. The van der Waals surface area contributed by atoms with Crippen molar-refractivity contribution in [2.45, 2.75) is 13.5 Å². The molecule has 2 N–H and O–H groups in total. The Balaban J connectivity index is 1.74. The second kappa shape index (κ2) is 7.05. The van der Waals surface area contributed by atoms with Crippen LogP contribution in [0.3, 0.4) is 0 Å². The van der Waals surface area contributed by atoms with Crippen LogP contribution in [-0.2, 0) is 6.54 Å². The van der Waals surface area contributed by atoms with Crippen LogP contribution in [0.4, 0.5) is 20.4 Å². The van der Waals surface area contributed by atoms with Gasteiger partial charge in [0.2, 0.25) is 11.8 Å². The van der Waals surface area contributed by atoms with Gasteiger partial charge in [0.25, 0.3) is 0 Å². The highest BCUT2D eigenvalue weighted by Gasteiger charge is 2.12. The second-order valence-corrected chi connectivity index (χ2v) is 6.75. The third-order valence-electron chi connectivity index (χ3n) is 4.32. The molecule has 0 saturated heterocycles. The molecule has 2 aromatic heterocycles. The van der Waals surface area contributed by atoms with Crippen molar-refractivity contribution in [2.75, 3.05) is 5.32 Å². The minimum atomic E-state index is -0.985. The fourth-order valence-electron chi connectivity index (χ4n) is 2.88. The van der Waals surface area contributed by atoms with Gasteiger partial charge in [-0.05, 0) is 42.3 Å². The van der Waals surface area contributed by atoms with Crippen LogP contribution in [0.2, 0.25) is 5.02 Å². The minimum Gasteiger partial charge on any atom is -0.325 e. The highest BCUT2D eigenvalue weighted by atomic mass is 35.5. The predicted molar refractivity (Wildman–Crippen MR) is 103 cm³/mol. The highest BCUT2D eigenvalue weighted by molar-refractivity contribution is 6.30. The van der Waals surface area contributed by atoms with Gasteiger partial charge in [0, 0.05) is 17.3 Å². The molecule has 0 fully saturated rings. The van der Waals surface area contributed by atoms with Crippen LogP contribution in [0.1, 0.15) is 11.1 Å². The summed E-state index contributed by atoms with van der Waals surface area (Å²) in [7, 11) is 0. The van der Waals surface area contributed by atoms with E-state index in [0.29, 0.717) is 11.3 Å². The van der Waals surface area contributed by atoms with Gasteiger partial charge in [-0.1, -0.05) is 17.7 Å². The van der Waals surface area contributed by atoms with Gasteiger partial charge >= 0.3 is 5.56 Å². The lowest BCUT2D eigenvalue weighted by molar-refractivity contribution is 0.578. The van der Waals surface area contributed by atoms with Gasteiger partial charge in [0.1, 0.15) is 5.82 Å². The second-order valence-electron chi connectivity index (χ2n) is 6.34. The van der Waals surface area contributed by atoms with Gasteiger partial charge in [0.15, 0.2) is 0 Å². The molecule has 0 saturated carbocycles. The minimum absolute atomic E-state index is 0.0391. The molecule has 142 valence electrons. The fourth-order valence-corrected chi connectivity index (χ4v) is 3.08. The molecule has 0 aliphatic heterocycles. The summed E-state index contributed by atoms with van der Waals surface area (Å²) in [5.74, 6) is -1.38. The summed E-state index contributed by atoms with van der Waals surface area (Å²) >= 11 is 5.82. The number of nitrogens with one attached hydrogen (secondary N) is 2. The SMILES string of the molecule is Cc1cc2[nH]ncc2cc1Nc1nc(=O)c(F)cn1Cc1ccc(F)c(Cl)c1. The summed E-state index contributed by atoms with van der Waals surface area (Å²) in [5.41, 5.74) is 2.10. The molecule has 28 heavy (non-hydrogen) atoms. The summed E-state index contributed by atoms with van der Waals surface area (Å²) < 4.78 is 28.7. The Hall–Kier alpha value is -3.26. The van der Waals surface area contributed by atoms with Crippen LogP contribution in [-0.4, -0.2) is 19.7 Å². The third kappa shape index (κ3) is 3.46. The molecule has 0 aliphatic rings. The van der Waals surface area contributed by atoms with Crippen molar-refractivity contribution in [1.29, 1.82) is 0 Å². The number of anilines is 2. The standard InChI is InChI=1S/C19H14ClF2N5O/c1-10-4-17-12(7-23-26-17)6-16(10)24-19-25-18(28)15(22)9-27(19)8-11-2-3-14(21)13(20)5-11/h2-7,9H,8H2,1H3,(H,23,26)(H,24,25,28). The zero-order chi connectivity index (χ0) is 19.8. The van der Waals surface area contributed by atoms with Crippen LogP contribution in [0, 0.1) is 18.6 Å². The zero-order valence-corrected chi connectivity index (χ0v) is 15.4. The maximum Gasteiger partial charge on any atom is 0.310 e. The number of nitrogens with zero attached hydrogens (tertiary/aromatic N) is 3. The zero-order valence-electron chi connectivity index (χ0n) is 14.6. The van der Waals surface area contributed by atoms with Crippen molar-refractivity contribution in [3.63, 3.8) is 0 Å². The van der Waals surface area contributed by atoms with Crippen molar-refractivity contribution in [1.82, 2.24) is 19.7 Å². The van der Waals surface area contributed by atoms with E-state index in [1.807, 2.05) is 19.1 Å². The number of hydrogen-bond donors (Lipinski definition) is 2. The maximum atomic E-state index is 13.9. The predicted octanol–water partition coefficient (Wildman–Crippen LogP) is 4.15. The molecule has 0 atom stereocenters. The molecule has 2 heterocycles. The van der Waals surface area contributed by atoms with E-state index >= 15 is 0 Å². The van der Waals surface area contributed by atoms with Gasteiger partial charge in [-0.2, -0.15) is 14.5 Å². The Bertz CT molecular complexity index is 1250. The quantitative estimate of drug-likeness (QED) is 0.538. The van der Waals surface area contributed by atoms with Gasteiger partial charge in [-0.15, -0.1) is 0 Å². The fraction of sp³-hybridized carbons (Fsp3) is 0.105. The van der Waals surface area contributed by atoms with E-state index in [9.17, 15) is 13.6 Å². The molecule has 0 bridgehead atoms. The van der Waals surface area contributed by atoms with Crippen molar-refractivity contribution < 1.29 is 8.78 Å². The van der Waals surface area contributed by atoms with E-state index in [0.717, 1.165) is 22.7 Å². The van der Waals surface area contributed by atoms with Gasteiger partial charge in [0.05, 0.1) is 23.3 Å². The first-order valence-electron chi connectivity index (χ1n) is 8.32. The molecule has 0 unspecified atom stereocenters. The Morgan fingerprint density at radius 1 is 1.21 bits per heavy atom. The Kier molecular flexibility index (Phi) is 4.56. The number of aromatic nitrogens is 4. The van der Waals surface area contributed by atoms with Gasteiger partial charge in [-0.25, -0.2) is 4.39 Å². The summed E-state index contributed by atoms with van der Waals surface area (Å²) in [6, 6.07) is 7.95. The van der Waals surface area contributed by atoms with Crippen molar-refractivity contribution in [3.8, 4) is 0 Å². The third-order valence-corrected chi connectivity index (χ3v) is 4.61. The lowest BCUT2D eigenvalue weighted by atomic mass is 10.1. The summed E-state index contributed by atoms with van der Waals surface area (Å²) in [4.78, 5) is 15.6. The lowest BCUT2D eigenvalue weighted by Crippen LogP contribution is -2.20. The molecule has 0 radical (unpaired) electrons. The molecule has 2 aromatic carbocycles. The summed E-state index contributed by atoms with van der Waals surface area (Å²) in [6.45, 7) is 2.02. The molecule has 4 aromatic rings. The molecule has 0 spiro atoms. The number of rotatable bonds is 4. The number of fused-ring (bicyclic) bond motifs is 1. The summed E-state index contributed by atoms with van der Waals surface area (Å²) in [5, 5.41) is 10.8. The lowest BCUT2D eigenvalue weighted by Gasteiger charge is -2.16. The largest absolute Gasteiger partial charge is 0.325 e. The molecule has 4 rings (SSSR count). The number of hydrogen-bond acceptors (Lipinski definition) is 4. The van der Waals surface area contributed by atoms with E-state index in [1.165, 1.54) is 22.8 Å². The number of aromatic amines is 1. The number of H-pyrrole nitrogens is 1. The number of aryl methyl sites for hydroxylation is 1. The van der Waals surface area contributed by atoms with Crippen LogP contribution in [0.5, 0.6) is 0 Å². The first kappa shape index (κ1) is 18.1.